The summed E-state index contributed by atoms with van der Waals surface area (Å²) >= 11 is 0. The highest BCUT2D eigenvalue weighted by atomic mass is 16.1. The molecule has 0 heterocycles. The van der Waals surface area contributed by atoms with E-state index in [0.29, 0.717) is 5.78 Å². The minimum absolute atomic E-state index is 0.417. The van der Waals surface area contributed by atoms with Crippen molar-refractivity contribution in [1.29, 1.82) is 0 Å². The Morgan fingerprint density at radius 2 is 1.12 bits per heavy atom. The van der Waals surface area contributed by atoms with E-state index in [0.717, 1.165) is 12.8 Å². The Kier molecular flexibility index (Phi) is 13.0. The van der Waals surface area contributed by atoms with Crippen LogP contribution in [0.1, 0.15) is 40.5 Å². The van der Waals surface area contributed by atoms with E-state index >= 15 is 0 Å². The third-order valence-corrected chi connectivity index (χ3v) is 0.454. The van der Waals surface area contributed by atoms with Gasteiger partial charge in [-0.3, -0.25) is 4.79 Å². The van der Waals surface area contributed by atoms with Crippen molar-refractivity contribution in [3.8, 4) is 0 Å². The molecule has 0 amide bonds. The third kappa shape index (κ3) is 17.3. The van der Waals surface area contributed by atoms with Gasteiger partial charge in [0.05, 0.1) is 0 Å². The summed E-state index contributed by atoms with van der Waals surface area (Å²) < 4.78 is 0. The molecule has 0 unspecified atom stereocenters. The lowest BCUT2D eigenvalue weighted by Crippen LogP contribution is -1.44. The number of Topliss-reactive ketones (excluding diaryl/α,β-unsaturated/α-hetero) is 1. The molecule has 0 aromatic carbocycles. The molecule has 1 saturated carbocycles. The fourth-order valence-electron chi connectivity index (χ4n) is 0.0510. The first-order valence-electron chi connectivity index (χ1n) is 3.41. The van der Waals surface area contributed by atoms with E-state index in [1.165, 1.54) is 0 Å². The van der Waals surface area contributed by atoms with Gasteiger partial charge >= 0.3 is 0 Å². The maximum atomic E-state index is 9.56. The van der Waals surface area contributed by atoms with Gasteiger partial charge in [-0.2, -0.15) is 0 Å². The molecular formula is C7H16O. The van der Waals surface area contributed by atoms with E-state index in [2.05, 4.69) is 0 Å². The van der Waals surface area contributed by atoms with Crippen LogP contribution in [-0.4, -0.2) is 5.78 Å². The van der Waals surface area contributed by atoms with Gasteiger partial charge in [0.15, 0.2) is 0 Å². The minimum Gasteiger partial charge on any atom is -0.300 e. The molecule has 0 N–H and O–H groups in total. The molecule has 0 bridgehead atoms. The molecule has 0 spiro atoms. The Balaban J connectivity index is 0. The van der Waals surface area contributed by atoms with Crippen LogP contribution < -0.4 is 0 Å². The van der Waals surface area contributed by atoms with Gasteiger partial charge in [-0.05, 0) is 0 Å². The number of rotatable bonds is 0. The van der Waals surface area contributed by atoms with E-state index in [4.69, 9.17) is 0 Å². The number of ketones is 1. The quantitative estimate of drug-likeness (QED) is 0.475. The van der Waals surface area contributed by atoms with Crippen LogP contribution in [0.15, 0.2) is 0 Å². The van der Waals surface area contributed by atoms with Gasteiger partial charge in [0, 0.05) is 12.8 Å². The first-order chi connectivity index (χ1) is 3.89. The molecular weight excluding hydrogens is 100 g/mol. The smallest absolute Gasteiger partial charge is 0.133 e. The van der Waals surface area contributed by atoms with Gasteiger partial charge in [0.25, 0.3) is 0 Å². The first kappa shape index (κ1) is 10.6. The first-order valence-corrected chi connectivity index (χ1v) is 3.41. The van der Waals surface area contributed by atoms with Crippen LogP contribution in [0.5, 0.6) is 0 Å². The van der Waals surface area contributed by atoms with E-state index < -0.39 is 0 Å². The van der Waals surface area contributed by atoms with Crippen molar-refractivity contribution >= 4 is 5.78 Å². The summed E-state index contributed by atoms with van der Waals surface area (Å²) in [4.78, 5) is 9.56. The van der Waals surface area contributed by atoms with Crippen molar-refractivity contribution in [3.05, 3.63) is 0 Å². The fourth-order valence-corrected chi connectivity index (χ4v) is 0.0510. The summed E-state index contributed by atoms with van der Waals surface area (Å²) in [7, 11) is 0. The summed E-state index contributed by atoms with van der Waals surface area (Å²) in [5.41, 5.74) is 0. The number of carbonyl (C=O) groups is 1. The molecule has 1 nitrogen and oxygen atoms in total. The summed E-state index contributed by atoms with van der Waals surface area (Å²) in [5.74, 6) is 0.417. The average molecular weight is 116 g/mol. The summed E-state index contributed by atoms with van der Waals surface area (Å²) in [5, 5.41) is 0. The highest BCUT2D eigenvalue weighted by Crippen LogP contribution is 2.08. The fraction of sp³-hybridized carbons (Fsp3) is 0.857. The minimum atomic E-state index is 0.417. The third-order valence-electron chi connectivity index (χ3n) is 0.454. The largest absolute Gasteiger partial charge is 0.300 e. The van der Waals surface area contributed by atoms with Gasteiger partial charge < -0.3 is 0 Å². The van der Waals surface area contributed by atoms with Gasteiger partial charge in [0.2, 0.25) is 0 Å². The molecule has 1 aliphatic rings. The van der Waals surface area contributed by atoms with E-state index in [9.17, 15) is 4.79 Å². The van der Waals surface area contributed by atoms with E-state index in [1.54, 1.807) is 0 Å². The molecule has 0 aromatic rings. The Morgan fingerprint density at radius 3 is 1.12 bits per heavy atom. The molecule has 50 valence electrons. The highest BCUT2D eigenvalue weighted by Gasteiger charge is 2.13. The van der Waals surface area contributed by atoms with Crippen molar-refractivity contribution < 1.29 is 4.79 Å². The van der Waals surface area contributed by atoms with Crippen molar-refractivity contribution in [2.45, 2.75) is 40.5 Å². The Morgan fingerprint density at radius 1 is 1.00 bits per heavy atom. The van der Waals surface area contributed by atoms with Gasteiger partial charge in [0.1, 0.15) is 5.78 Å². The second-order valence-electron chi connectivity index (χ2n) is 1.04. The van der Waals surface area contributed by atoms with E-state index in [1.807, 2.05) is 27.7 Å². The zero-order valence-electron chi connectivity index (χ0n) is 6.32. The predicted octanol–water partition coefficient (Wildman–Crippen LogP) is 2.40. The Hall–Kier alpha value is -0.330. The summed E-state index contributed by atoms with van der Waals surface area (Å²) in [6.07, 6.45) is 1.69. The van der Waals surface area contributed by atoms with Gasteiger partial charge in [-0.15, -0.1) is 0 Å². The maximum Gasteiger partial charge on any atom is 0.133 e. The standard InChI is InChI=1S/C3H4O.2C2H6/c4-3-1-2-3;2*1-2/h1-2H2;2*1-2H3. The second-order valence-corrected chi connectivity index (χ2v) is 1.04. The molecule has 0 saturated heterocycles. The SMILES string of the molecule is CC.CC.O=C1CC1. The Bertz CT molecular complexity index is 42.3. The second kappa shape index (κ2) is 9.83. The lowest BCUT2D eigenvalue weighted by Gasteiger charge is -1.26. The molecule has 0 atom stereocenters. The van der Waals surface area contributed by atoms with Crippen LogP contribution in [0.4, 0.5) is 0 Å². The van der Waals surface area contributed by atoms with E-state index in [-0.39, 0.29) is 0 Å². The molecule has 1 aliphatic carbocycles. The van der Waals surface area contributed by atoms with Crippen LogP contribution in [0.3, 0.4) is 0 Å². The van der Waals surface area contributed by atoms with Gasteiger partial charge in [-0.25, -0.2) is 0 Å². The molecule has 1 rings (SSSR count). The summed E-state index contributed by atoms with van der Waals surface area (Å²) in [6.45, 7) is 8.00. The number of carbonyl (C=O) groups excluding carboxylic acids is 1. The van der Waals surface area contributed by atoms with Crippen LogP contribution in [0, 0.1) is 0 Å². The van der Waals surface area contributed by atoms with Crippen LogP contribution in [0.2, 0.25) is 0 Å². The van der Waals surface area contributed by atoms with Gasteiger partial charge in [-0.1, -0.05) is 27.7 Å². The van der Waals surface area contributed by atoms with Crippen LogP contribution >= 0.6 is 0 Å². The van der Waals surface area contributed by atoms with Crippen LogP contribution in [-0.2, 0) is 4.79 Å². The maximum absolute atomic E-state index is 9.56. The highest BCUT2D eigenvalue weighted by molar-refractivity contribution is 5.92. The molecule has 1 heteroatoms. The van der Waals surface area contributed by atoms with Crippen molar-refractivity contribution in [1.82, 2.24) is 0 Å². The molecule has 1 fully saturated rings. The topological polar surface area (TPSA) is 17.1 Å². The number of hydrogen-bond donors (Lipinski definition) is 0. The van der Waals surface area contributed by atoms with Crippen molar-refractivity contribution in [2.24, 2.45) is 0 Å². The monoisotopic (exact) mass is 116 g/mol. The zero-order chi connectivity index (χ0) is 6.99. The molecule has 0 radical (unpaired) electrons. The zero-order valence-corrected chi connectivity index (χ0v) is 6.32. The normalized spacial score (nSPS) is 12.2. The molecule has 0 aromatic heterocycles. The van der Waals surface area contributed by atoms with Crippen molar-refractivity contribution in [2.75, 3.05) is 0 Å². The van der Waals surface area contributed by atoms with Crippen LogP contribution in [0.25, 0.3) is 0 Å². The molecule has 8 heavy (non-hydrogen) atoms. The summed E-state index contributed by atoms with van der Waals surface area (Å²) in [6, 6.07) is 0. The van der Waals surface area contributed by atoms with Crippen molar-refractivity contribution in [3.63, 3.8) is 0 Å². The number of hydrogen-bond acceptors (Lipinski definition) is 1. The Labute approximate surface area is 52.1 Å². The molecule has 0 aliphatic heterocycles. The predicted molar refractivity (Wildman–Crippen MR) is 36.9 cm³/mol. The average Bonchev–Trinajstić information content (AvgIpc) is 2.62. The lowest BCUT2D eigenvalue weighted by atomic mass is 10.9. The lowest BCUT2D eigenvalue weighted by molar-refractivity contribution is -0.109.